The normalized spacial score (nSPS) is 19.7. The molecule has 0 aliphatic carbocycles. The van der Waals surface area contributed by atoms with Crippen molar-refractivity contribution in [1.29, 1.82) is 0 Å². The standard InChI is InChI=1S/C52H96O10/c1-3-5-7-9-11-13-15-17-19-20-21-22-23-24-25-26-27-29-30-32-34-36-38-40-47(54)59-43-45(44-60-52-51(58)50(57)49(56)46(42-53)62-52)61-48(55)41-39-37-35-33-31-28-18-16-14-12-10-8-6-4-2/h10,12,16,18,45-46,49-53,56-58H,3-9,11,13-15,17,19-44H2,1-2H3/b12-10+,18-16+/t45-,46-,49+,50?,51?,52-/m0/s1. The first-order valence-electron chi connectivity index (χ1n) is 25.9. The van der Waals surface area contributed by atoms with Crippen molar-refractivity contribution in [2.24, 2.45) is 0 Å². The molecule has 1 aliphatic rings. The molecule has 6 atom stereocenters. The molecule has 62 heavy (non-hydrogen) atoms. The summed E-state index contributed by atoms with van der Waals surface area (Å²) in [6.07, 6.45) is 41.9. The van der Waals surface area contributed by atoms with Crippen LogP contribution in [0.1, 0.15) is 239 Å². The molecule has 0 spiro atoms. The third-order valence-electron chi connectivity index (χ3n) is 12.1. The molecule has 0 saturated carbocycles. The lowest BCUT2D eigenvalue weighted by molar-refractivity contribution is -0.305. The number of carbonyl (C=O) groups is 2. The van der Waals surface area contributed by atoms with Gasteiger partial charge in [0.1, 0.15) is 31.0 Å². The highest BCUT2D eigenvalue weighted by molar-refractivity contribution is 5.70. The summed E-state index contributed by atoms with van der Waals surface area (Å²) in [5.74, 6) is -0.811. The summed E-state index contributed by atoms with van der Waals surface area (Å²) >= 11 is 0. The lowest BCUT2D eigenvalue weighted by Gasteiger charge is -2.39. The van der Waals surface area contributed by atoms with Gasteiger partial charge in [0.2, 0.25) is 0 Å². The lowest BCUT2D eigenvalue weighted by Crippen LogP contribution is -2.59. The van der Waals surface area contributed by atoms with E-state index in [0.717, 1.165) is 64.2 Å². The van der Waals surface area contributed by atoms with Crippen molar-refractivity contribution in [3.8, 4) is 0 Å². The Labute approximate surface area is 379 Å². The van der Waals surface area contributed by atoms with Crippen LogP contribution < -0.4 is 0 Å². The molecular weight excluding hydrogens is 785 g/mol. The van der Waals surface area contributed by atoms with Crippen LogP contribution in [0, 0.1) is 0 Å². The Kier molecular flexibility index (Phi) is 40.4. The minimum Gasteiger partial charge on any atom is -0.462 e. The van der Waals surface area contributed by atoms with Crippen molar-refractivity contribution in [2.75, 3.05) is 19.8 Å². The number of aliphatic hydroxyl groups is 4. The fourth-order valence-corrected chi connectivity index (χ4v) is 7.97. The van der Waals surface area contributed by atoms with Crippen LogP contribution in [0.25, 0.3) is 0 Å². The van der Waals surface area contributed by atoms with Crippen molar-refractivity contribution in [3.05, 3.63) is 24.3 Å². The molecule has 4 N–H and O–H groups in total. The molecular formula is C52H96O10. The zero-order valence-corrected chi connectivity index (χ0v) is 39.9. The van der Waals surface area contributed by atoms with Crippen molar-refractivity contribution >= 4 is 11.9 Å². The highest BCUT2D eigenvalue weighted by Gasteiger charge is 2.44. The molecule has 1 aliphatic heterocycles. The largest absolute Gasteiger partial charge is 0.462 e. The van der Waals surface area contributed by atoms with E-state index in [4.69, 9.17) is 18.9 Å². The number of carbonyl (C=O) groups excluding carboxylic acids is 2. The predicted octanol–water partition coefficient (Wildman–Crippen LogP) is 12.1. The smallest absolute Gasteiger partial charge is 0.306 e. The van der Waals surface area contributed by atoms with Gasteiger partial charge < -0.3 is 39.4 Å². The molecule has 0 amide bonds. The zero-order chi connectivity index (χ0) is 45.1. The molecule has 10 heteroatoms. The van der Waals surface area contributed by atoms with Gasteiger partial charge in [-0.15, -0.1) is 0 Å². The zero-order valence-electron chi connectivity index (χ0n) is 39.9. The molecule has 0 aromatic heterocycles. The van der Waals surface area contributed by atoms with Gasteiger partial charge in [-0.2, -0.15) is 0 Å². The van der Waals surface area contributed by atoms with Gasteiger partial charge >= 0.3 is 11.9 Å². The highest BCUT2D eigenvalue weighted by atomic mass is 16.7. The monoisotopic (exact) mass is 881 g/mol. The molecule has 0 radical (unpaired) electrons. The minimum absolute atomic E-state index is 0.217. The maximum Gasteiger partial charge on any atom is 0.306 e. The number of allylic oxidation sites excluding steroid dienone is 4. The van der Waals surface area contributed by atoms with Crippen LogP contribution in [0.3, 0.4) is 0 Å². The van der Waals surface area contributed by atoms with Gasteiger partial charge in [0, 0.05) is 12.8 Å². The topological polar surface area (TPSA) is 152 Å². The number of aliphatic hydroxyl groups excluding tert-OH is 4. The van der Waals surface area contributed by atoms with Crippen LogP contribution >= 0.6 is 0 Å². The Bertz CT molecular complexity index is 1060. The van der Waals surface area contributed by atoms with E-state index in [1.54, 1.807) is 0 Å². The number of esters is 2. The summed E-state index contributed by atoms with van der Waals surface area (Å²) in [7, 11) is 0. The van der Waals surface area contributed by atoms with Crippen molar-refractivity contribution in [2.45, 2.75) is 275 Å². The van der Waals surface area contributed by atoms with Gasteiger partial charge in [0.15, 0.2) is 12.4 Å². The lowest BCUT2D eigenvalue weighted by atomic mass is 9.99. The third-order valence-corrected chi connectivity index (χ3v) is 12.1. The molecule has 10 nitrogen and oxygen atoms in total. The highest BCUT2D eigenvalue weighted by Crippen LogP contribution is 2.23. The summed E-state index contributed by atoms with van der Waals surface area (Å²) in [5, 5.41) is 40.2. The number of rotatable bonds is 44. The summed E-state index contributed by atoms with van der Waals surface area (Å²) < 4.78 is 22.2. The summed E-state index contributed by atoms with van der Waals surface area (Å²) in [6, 6.07) is 0. The number of unbranched alkanes of at least 4 members (excludes halogenated alkanes) is 29. The molecule has 1 heterocycles. The van der Waals surface area contributed by atoms with E-state index >= 15 is 0 Å². The van der Waals surface area contributed by atoms with Crippen molar-refractivity contribution in [1.82, 2.24) is 0 Å². The van der Waals surface area contributed by atoms with E-state index in [-0.39, 0.29) is 32.0 Å². The number of ether oxygens (including phenoxy) is 4. The first-order chi connectivity index (χ1) is 30.3. The number of hydrogen-bond donors (Lipinski definition) is 4. The van der Waals surface area contributed by atoms with Crippen LogP contribution in [0.5, 0.6) is 0 Å². The molecule has 0 bridgehead atoms. The van der Waals surface area contributed by atoms with E-state index in [1.807, 2.05) is 0 Å². The third kappa shape index (κ3) is 33.7. The van der Waals surface area contributed by atoms with Gasteiger partial charge in [-0.05, 0) is 38.5 Å². The summed E-state index contributed by atoms with van der Waals surface area (Å²) in [6.45, 7) is 3.40. The van der Waals surface area contributed by atoms with Gasteiger partial charge in [-0.3, -0.25) is 9.59 Å². The average Bonchev–Trinajstić information content (AvgIpc) is 3.27. The minimum atomic E-state index is -1.60. The second-order valence-electron chi connectivity index (χ2n) is 18.0. The maximum absolute atomic E-state index is 12.8. The SMILES string of the molecule is CCCC/C=C/C/C=C/CCCCCCCC(=O)O[C@@H](COC(=O)CCCCCCCCCCCCCCCCCCCCCCCCC)CO[C@H]1O[C@@H](CO)[C@@H](O)C(O)C1O. The molecule has 0 aromatic carbocycles. The van der Waals surface area contributed by atoms with E-state index in [0.29, 0.717) is 6.42 Å². The second-order valence-corrected chi connectivity index (χ2v) is 18.0. The fraction of sp³-hybridized carbons (Fsp3) is 0.885. The van der Waals surface area contributed by atoms with E-state index in [9.17, 15) is 30.0 Å². The van der Waals surface area contributed by atoms with Crippen LogP contribution in [-0.2, 0) is 28.5 Å². The first kappa shape index (κ1) is 58.2. The Balaban J connectivity index is 2.21. The van der Waals surface area contributed by atoms with Crippen molar-refractivity contribution < 1.29 is 49.0 Å². The average molecular weight is 881 g/mol. The Morgan fingerprint density at radius 2 is 0.919 bits per heavy atom. The molecule has 1 rings (SSSR count). The van der Waals surface area contributed by atoms with Gasteiger partial charge in [-0.1, -0.05) is 212 Å². The second kappa shape index (κ2) is 43.1. The number of hydrogen-bond acceptors (Lipinski definition) is 10. The van der Waals surface area contributed by atoms with Crippen LogP contribution in [0.4, 0.5) is 0 Å². The van der Waals surface area contributed by atoms with Crippen molar-refractivity contribution in [3.63, 3.8) is 0 Å². The van der Waals surface area contributed by atoms with E-state index < -0.39 is 49.4 Å². The summed E-state index contributed by atoms with van der Waals surface area (Å²) in [4.78, 5) is 25.4. The Morgan fingerprint density at radius 3 is 1.39 bits per heavy atom. The Morgan fingerprint density at radius 1 is 0.500 bits per heavy atom. The maximum atomic E-state index is 12.8. The van der Waals surface area contributed by atoms with Gasteiger partial charge in [0.05, 0.1) is 13.2 Å². The van der Waals surface area contributed by atoms with Gasteiger partial charge in [-0.25, -0.2) is 0 Å². The quantitative estimate of drug-likeness (QED) is 0.0264. The van der Waals surface area contributed by atoms with E-state index in [2.05, 4.69) is 38.2 Å². The molecule has 2 unspecified atom stereocenters. The predicted molar refractivity (Wildman–Crippen MR) is 252 cm³/mol. The van der Waals surface area contributed by atoms with Crippen LogP contribution in [0.15, 0.2) is 24.3 Å². The van der Waals surface area contributed by atoms with Gasteiger partial charge in [0.25, 0.3) is 0 Å². The Hall–Kier alpha value is -1.82. The summed E-state index contributed by atoms with van der Waals surface area (Å²) in [5.41, 5.74) is 0. The fourth-order valence-electron chi connectivity index (χ4n) is 7.97. The molecule has 364 valence electrons. The van der Waals surface area contributed by atoms with E-state index in [1.165, 1.54) is 141 Å². The van der Waals surface area contributed by atoms with Crippen LogP contribution in [0.2, 0.25) is 0 Å². The molecule has 1 fully saturated rings. The molecule has 0 aromatic rings. The van der Waals surface area contributed by atoms with Crippen LogP contribution in [-0.4, -0.2) is 89.0 Å². The molecule has 1 saturated heterocycles. The first-order valence-corrected chi connectivity index (χ1v) is 25.9.